The van der Waals surface area contributed by atoms with Crippen molar-refractivity contribution in [2.45, 2.75) is 5.88 Å². The number of rotatable bonds is 7. The largest absolute Gasteiger partial charge is 0.504 e. The Morgan fingerprint density at radius 3 is 3.04 bits per heavy atom. The Morgan fingerprint density at radius 2 is 2.38 bits per heavy atom. The van der Waals surface area contributed by atoms with Crippen LogP contribution >= 0.6 is 11.6 Å². The Hall–Kier alpha value is -2.39. The molecule has 1 atom stereocenters. The predicted octanol–water partition coefficient (Wildman–Crippen LogP) is 1.11. The number of nitrogens with zero attached hydrogens (tertiary/aromatic N) is 3. The molecule has 10 heteroatoms. The maximum Gasteiger partial charge on any atom is 0.252 e. The van der Waals surface area contributed by atoms with Gasteiger partial charge in [-0.2, -0.15) is 10.2 Å². The van der Waals surface area contributed by atoms with Gasteiger partial charge in [-0.1, -0.05) is 11.6 Å². The molecular weight excluding hydrogens is 356 g/mol. The molecule has 0 spiro atoms. The number of methoxy groups -OCH3 is 1. The standard InChI is InChI=1S/C14H15ClN4O4S/c1-23-13-4-10(2-3-12(13)20)5-16-18-14(21)8-24(22)9-19-7-11(15)6-17-19/h2-7,20H,8-9H2,1H3,(H,18,21). The molecule has 0 radical (unpaired) electrons. The van der Waals surface area contributed by atoms with Crippen LogP contribution in [0.15, 0.2) is 35.7 Å². The number of halogens is 1. The smallest absolute Gasteiger partial charge is 0.252 e. The van der Waals surface area contributed by atoms with Crippen molar-refractivity contribution in [1.29, 1.82) is 0 Å². The van der Waals surface area contributed by atoms with E-state index in [1.165, 1.54) is 36.5 Å². The van der Waals surface area contributed by atoms with E-state index in [9.17, 15) is 14.1 Å². The highest BCUT2D eigenvalue weighted by Gasteiger charge is 2.09. The van der Waals surface area contributed by atoms with Gasteiger partial charge in [0, 0.05) is 6.20 Å². The van der Waals surface area contributed by atoms with Crippen LogP contribution in [-0.4, -0.2) is 44.1 Å². The number of hydrazone groups is 1. The molecule has 0 bridgehead atoms. The number of phenols is 1. The van der Waals surface area contributed by atoms with Gasteiger partial charge in [-0.15, -0.1) is 0 Å². The van der Waals surface area contributed by atoms with Crippen LogP contribution in [0.3, 0.4) is 0 Å². The topological polar surface area (TPSA) is 106 Å². The van der Waals surface area contributed by atoms with E-state index in [1.807, 2.05) is 0 Å². The zero-order valence-electron chi connectivity index (χ0n) is 12.7. The van der Waals surface area contributed by atoms with Crippen molar-refractivity contribution in [2.75, 3.05) is 12.9 Å². The lowest BCUT2D eigenvalue weighted by Crippen LogP contribution is -2.25. The lowest BCUT2D eigenvalue weighted by atomic mass is 10.2. The minimum atomic E-state index is -1.44. The molecular formula is C14H15ClN4O4S. The Balaban J connectivity index is 1.83. The summed E-state index contributed by atoms with van der Waals surface area (Å²) in [4.78, 5) is 11.7. The molecule has 1 heterocycles. The lowest BCUT2D eigenvalue weighted by molar-refractivity contribution is -0.118. The second-order valence-corrected chi connectivity index (χ2v) is 6.50. The first kappa shape index (κ1) is 18.0. The Kier molecular flexibility index (Phi) is 6.33. The van der Waals surface area contributed by atoms with Gasteiger partial charge in [0.1, 0.15) is 11.6 Å². The minimum absolute atomic E-state index is 0.00723. The fourth-order valence-corrected chi connectivity index (χ4v) is 2.77. The van der Waals surface area contributed by atoms with Gasteiger partial charge >= 0.3 is 0 Å². The van der Waals surface area contributed by atoms with Crippen molar-refractivity contribution >= 4 is 34.5 Å². The number of phenolic OH excluding ortho intramolecular Hbond substituents is 1. The number of carbonyl (C=O) groups excluding carboxylic acids is 1. The summed E-state index contributed by atoms with van der Waals surface area (Å²) in [6.45, 7) is 0. The Morgan fingerprint density at radius 1 is 1.58 bits per heavy atom. The number of carbonyl (C=O) groups is 1. The number of hydrogen-bond donors (Lipinski definition) is 2. The average molecular weight is 371 g/mol. The molecule has 2 N–H and O–H groups in total. The molecule has 8 nitrogen and oxygen atoms in total. The highest BCUT2D eigenvalue weighted by molar-refractivity contribution is 7.84. The Bertz CT molecular complexity index is 778. The summed E-state index contributed by atoms with van der Waals surface area (Å²) >= 11 is 5.70. The molecule has 1 unspecified atom stereocenters. The zero-order chi connectivity index (χ0) is 17.5. The third-order valence-corrected chi connectivity index (χ3v) is 4.11. The first-order valence-electron chi connectivity index (χ1n) is 6.70. The number of aromatic nitrogens is 2. The number of amides is 1. The summed E-state index contributed by atoms with van der Waals surface area (Å²) in [6.07, 6.45) is 4.33. The minimum Gasteiger partial charge on any atom is -0.504 e. The molecule has 0 aliphatic heterocycles. The van der Waals surface area contributed by atoms with E-state index in [4.69, 9.17) is 16.3 Å². The summed E-state index contributed by atoms with van der Waals surface area (Å²) in [7, 11) is -0.0107. The molecule has 1 aromatic carbocycles. The highest BCUT2D eigenvalue weighted by Crippen LogP contribution is 2.25. The normalized spacial score (nSPS) is 12.2. The van der Waals surface area contributed by atoms with Crippen molar-refractivity contribution in [2.24, 2.45) is 5.10 Å². The molecule has 2 aromatic rings. The van der Waals surface area contributed by atoms with Crippen LogP contribution in [0.2, 0.25) is 5.02 Å². The first-order valence-corrected chi connectivity index (χ1v) is 8.56. The second kappa shape index (κ2) is 8.46. The fraction of sp³-hybridized carbons (Fsp3) is 0.214. The maximum atomic E-state index is 11.8. The molecule has 128 valence electrons. The van der Waals surface area contributed by atoms with Gasteiger partial charge < -0.3 is 9.84 Å². The van der Waals surface area contributed by atoms with Crippen LogP contribution in [0.5, 0.6) is 11.5 Å². The number of ether oxygens (including phenoxy) is 1. The highest BCUT2D eigenvalue weighted by atomic mass is 35.5. The van der Waals surface area contributed by atoms with Gasteiger partial charge in [0.15, 0.2) is 11.5 Å². The quantitative estimate of drug-likeness (QED) is 0.561. The van der Waals surface area contributed by atoms with Crippen LogP contribution in [0.25, 0.3) is 0 Å². The van der Waals surface area contributed by atoms with Crippen LogP contribution in [0, 0.1) is 0 Å². The van der Waals surface area contributed by atoms with Crippen LogP contribution < -0.4 is 10.2 Å². The fourth-order valence-electron chi connectivity index (χ4n) is 1.73. The van der Waals surface area contributed by atoms with E-state index in [1.54, 1.807) is 12.1 Å². The molecule has 0 saturated heterocycles. The molecule has 0 saturated carbocycles. The summed E-state index contributed by atoms with van der Waals surface area (Å²) in [5, 5.41) is 17.6. The van der Waals surface area contributed by atoms with Crippen molar-refractivity contribution in [3.05, 3.63) is 41.2 Å². The van der Waals surface area contributed by atoms with Gasteiger partial charge in [0.05, 0.1) is 35.3 Å². The van der Waals surface area contributed by atoms with E-state index >= 15 is 0 Å². The van der Waals surface area contributed by atoms with Crippen molar-refractivity contribution in [3.8, 4) is 11.5 Å². The molecule has 0 aliphatic rings. The van der Waals surface area contributed by atoms with E-state index in [-0.39, 0.29) is 17.4 Å². The first-order chi connectivity index (χ1) is 11.5. The van der Waals surface area contributed by atoms with Crippen LogP contribution in [-0.2, 0) is 21.5 Å². The average Bonchev–Trinajstić information content (AvgIpc) is 2.93. The van der Waals surface area contributed by atoms with E-state index in [2.05, 4.69) is 15.6 Å². The molecule has 1 amide bonds. The number of nitrogens with one attached hydrogen (secondary N) is 1. The third kappa shape index (κ3) is 5.36. The summed E-state index contributed by atoms with van der Waals surface area (Å²) in [6, 6.07) is 4.62. The number of benzene rings is 1. The summed E-state index contributed by atoms with van der Waals surface area (Å²) < 4.78 is 18.2. The van der Waals surface area contributed by atoms with Crippen molar-refractivity contribution < 1.29 is 18.8 Å². The van der Waals surface area contributed by atoms with Gasteiger partial charge in [-0.3, -0.25) is 13.7 Å². The van der Waals surface area contributed by atoms with Gasteiger partial charge in [0.2, 0.25) is 0 Å². The third-order valence-electron chi connectivity index (χ3n) is 2.78. The molecule has 2 rings (SSSR count). The van der Waals surface area contributed by atoms with Crippen LogP contribution in [0.4, 0.5) is 0 Å². The second-order valence-electron chi connectivity index (χ2n) is 4.64. The van der Waals surface area contributed by atoms with Gasteiger partial charge in [-0.05, 0) is 23.8 Å². The summed E-state index contributed by atoms with van der Waals surface area (Å²) in [5.41, 5.74) is 2.91. The van der Waals surface area contributed by atoms with Gasteiger partial charge in [0.25, 0.3) is 5.91 Å². The SMILES string of the molecule is COc1cc(C=NNC(=O)CS(=O)Cn2cc(Cl)cn2)ccc1O. The maximum absolute atomic E-state index is 11.8. The number of aromatic hydroxyl groups is 1. The van der Waals surface area contributed by atoms with E-state index in [0.29, 0.717) is 16.3 Å². The Labute approximate surface area is 145 Å². The van der Waals surface area contributed by atoms with Gasteiger partial charge in [-0.25, -0.2) is 5.43 Å². The number of hydrogen-bond acceptors (Lipinski definition) is 6. The zero-order valence-corrected chi connectivity index (χ0v) is 14.3. The molecule has 24 heavy (non-hydrogen) atoms. The lowest BCUT2D eigenvalue weighted by Gasteiger charge is -2.04. The molecule has 1 aromatic heterocycles. The molecule has 0 aliphatic carbocycles. The van der Waals surface area contributed by atoms with Crippen LogP contribution in [0.1, 0.15) is 5.56 Å². The van der Waals surface area contributed by atoms with E-state index < -0.39 is 16.7 Å². The molecule has 0 fully saturated rings. The summed E-state index contributed by atoms with van der Waals surface area (Å²) in [5.74, 6) is -0.335. The monoisotopic (exact) mass is 370 g/mol. The predicted molar refractivity (Wildman–Crippen MR) is 90.6 cm³/mol. The van der Waals surface area contributed by atoms with Crippen molar-refractivity contribution in [1.82, 2.24) is 15.2 Å². The van der Waals surface area contributed by atoms with Crippen molar-refractivity contribution in [3.63, 3.8) is 0 Å². The van der Waals surface area contributed by atoms with E-state index in [0.717, 1.165) is 0 Å².